The van der Waals surface area contributed by atoms with Gasteiger partial charge in [0.2, 0.25) is 0 Å². The first-order valence-electron chi connectivity index (χ1n) is 11.5. The molecule has 5 aromatic carbocycles. The maximum absolute atomic E-state index is 4.45. The van der Waals surface area contributed by atoms with E-state index in [1.54, 1.807) is 0 Å². The summed E-state index contributed by atoms with van der Waals surface area (Å²) in [5.41, 5.74) is 11.3. The van der Waals surface area contributed by atoms with Crippen molar-refractivity contribution in [1.29, 1.82) is 0 Å². The number of hydrogen-bond donors (Lipinski definition) is 0. The molecule has 0 unspecified atom stereocenters. The zero-order valence-corrected chi connectivity index (χ0v) is 19.1. The highest BCUT2D eigenvalue weighted by molar-refractivity contribution is 5.90. The fourth-order valence-electron chi connectivity index (χ4n) is 4.42. The van der Waals surface area contributed by atoms with Gasteiger partial charge in [0.25, 0.3) is 0 Å². The van der Waals surface area contributed by atoms with E-state index in [-0.39, 0.29) is 0 Å². The molecule has 0 nitrogen and oxygen atoms in total. The van der Waals surface area contributed by atoms with Crippen LogP contribution in [0, 0.1) is 0 Å². The smallest absolute Gasteiger partial charge is 0.0105 e. The molecule has 0 aliphatic carbocycles. The molecule has 0 saturated carbocycles. The van der Waals surface area contributed by atoms with Crippen LogP contribution in [-0.2, 0) is 0 Å². The summed E-state index contributed by atoms with van der Waals surface area (Å²) in [5.74, 6) is 0. The summed E-state index contributed by atoms with van der Waals surface area (Å²) in [5, 5.41) is 0. The van der Waals surface area contributed by atoms with Crippen molar-refractivity contribution in [3.63, 3.8) is 0 Å². The van der Waals surface area contributed by atoms with Crippen molar-refractivity contribution >= 4 is 11.1 Å². The average Bonchev–Trinajstić information content (AvgIpc) is 2.93. The predicted octanol–water partition coefficient (Wildman–Crippen LogP) is 9.14. The molecule has 0 fully saturated rings. The molecule has 0 amide bonds. The molecular weight excluding hydrogens is 408 g/mol. The highest BCUT2D eigenvalue weighted by Crippen LogP contribution is 2.34. The summed E-state index contributed by atoms with van der Waals surface area (Å²) in [6.07, 6.45) is 0. The summed E-state index contributed by atoms with van der Waals surface area (Å²) in [6, 6.07) is 46.5. The zero-order valence-electron chi connectivity index (χ0n) is 19.1. The number of hydrogen-bond acceptors (Lipinski definition) is 0. The number of benzene rings is 5. The lowest BCUT2D eigenvalue weighted by Crippen LogP contribution is -1.93. The van der Waals surface area contributed by atoms with Crippen LogP contribution in [0.1, 0.15) is 22.3 Å². The molecule has 34 heavy (non-hydrogen) atoms. The summed E-state index contributed by atoms with van der Waals surface area (Å²) >= 11 is 0. The fourth-order valence-corrected chi connectivity index (χ4v) is 4.42. The molecule has 162 valence electrons. The fraction of sp³-hybridized carbons (Fsp3) is 0. The molecule has 0 heterocycles. The van der Waals surface area contributed by atoms with Crippen LogP contribution in [-0.4, -0.2) is 0 Å². The highest BCUT2D eigenvalue weighted by atomic mass is 14.2. The Morgan fingerprint density at radius 2 is 0.676 bits per heavy atom. The summed E-state index contributed by atoms with van der Waals surface area (Å²) < 4.78 is 0. The first-order chi connectivity index (χ1) is 16.7. The standard InChI is InChI=1S/C34H26/c1-25(31-17-9-11-19-33(31)29-13-5-3-6-14-29)27-21-23-28(24-22-27)26(2)32-18-10-12-20-34(32)30-15-7-4-8-16-30/h3-24H,1-2H2. The zero-order chi connectivity index (χ0) is 23.3. The maximum atomic E-state index is 4.45. The second-order valence-electron chi connectivity index (χ2n) is 8.36. The monoisotopic (exact) mass is 434 g/mol. The van der Waals surface area contributed by atoms with E-state index >= 15 is 0 Å². The molecule has 0 heteroatoms. The van der Waals surface area contributed by atoms with E-state index in [1.165, 1.54) is 22.3 Å². The van der Waals surface area contributed by atoms with Gasteiger partial charge in [0, 0.05) is 0 Å². The second kappa shape index (κ2) is 9.60. The van der Waals surface area contributed by atoms with Gasteiger partial charge in [-0.1, -0.05) is 147 Å². The Balaban J connectivity index is 1.45. The van der Waals surface area contributed by atoms with E-state index in [2.05, 4.69) is 134 Å². The molecule has 0 atom stereocenters. The van der Waals surface area contributed by atoms with Crippen molar-refractivity contribution < 1.29 is 0 Å². The first kappa shape index (κ1) is 21.4. The molecule has 0 saturated heterocycles. The van der Waals surface area contributed by atoms with E-state index in [1.807, 2.05) is 12.1 Å². The van der Waals surface area contributed by atoms with E-state index in [9.17, 15) is 0 Å². The maximum Gasteiger partial charge on any atom is -0.0105 e. The predicted molar refractivity (Wildman–Crippen MR) is 146 cm³/mol. The van der Waals surface area contributed by atoms with E-state index in [0.29, 0.717) is 0 Å². The van der Waals surface area contributed by atoms with Crippen LogP contribution in [0.3, 0.4) is 0 Å². The Hall–Kier alpha value is -4.42. The molecule has 0 aliphatic rings. The van der Waals surface area contributed by atoms with Crippen molar-refractivity contribution in [1.82, 2.24) is 0 Å². The minimum absolute atomic E-state index is 1.02. The molecular formula is C34H26. The topological polar surface area (TPSA) is 0 Å². The van der Waals surface area contributed by atoms with Gasteiger partial charge in [-0.15, -0.1) is 0 Å². The quantitative estimate of drug-likeness (QED) is 0.250. The van der Waals surface area contributed by atoms with Gasteiger partial charge in [0.15, 0.2) is 0 Å². The third-order valence-corrected chi connectivity index (χ3v) is 6.26. The van der Waals surface area contributed by atoms with Gasteiger partial charge < -0.3 is 0 Å². The van der Waals surface area contributed by atoms with Crippen molar-refractivity contribution in [2.24, 2.45) is 0 Å². The number of rotatable bonds is 6. The van der Waals surface area contributed by atoms with Gasteiger partial charge >= 0.3 is 0 Å². The Labute approximate surface area is 202 Å². The van der Waals surface area contributed by atoms with Gasteiger partial charge in [-0.3, -0.25) is 0 Å². The van der Waals surface area contributed by atoms with Crippen LogP contribution in [0.2, 0.25) is 0 Å². The first-order valence-corrected chi connectivity index (χ1v) is 11.5. The van der Waals surface area contributed by atoms with Gasteiger partial charge in [-0.05, 0) is 55.7 Å². The molecule has 5 rings (SSSR count). The minimum Gasteiger partial charge on any atom is -0.0905 e. The van der Waals surface area contributed by atoms with Gasteiger partial charge in [0.05, 0.1) is 0 Å². The van der Waals surface area contributed by atoms with Gasteiger partial charge in [0.1, 0.15) is 0 Å². The highest BCUT2D eigenvalue weighted by Gasteiger charge is 2.12. The molecule has 0 bridgehead atoms. The van der Waals surface area contributed by atoms with Crippen LogP contribution in [0.25, 0.3) is 33.4 Å². The largest absolute Gasteiger partial charge is 0.0905 e. The third kappa shape index (κ3) is 4.27. The summed E-state index contributed by atoms with van der Waals surface area (Å²) in [4.78, 5) is 0. The van der Waals surface area contributed by atoms with E-state index in [0.717, 1.165) is 33.4 Å². The molecule has 0 radical (unpaired) electrons. The Morgan fingerprint density at radius 3 is 1.06 bits per heavy atom. The average molecular weight is 435 g/mol. The molecule has 5 aromatic rings. The third-order valence-electron chi connectivity index (χ3n) is 6.26. The molecule has 0 aliphatic heterocycles. The lowest BCUT2D eigenvalue weighted by Gasteiger charge is -2.15. The Morgan fingerprint density at radius 1 is 0.353 bits per heavy atom. The van der Waals surface area contributed by atoms with E-state index < -0.39 is 0 Å². The van der Waals surface area contributed by atoms with Crippen LogP contribution < -0.4 is 0 Å². The van der Waals surface area contributed by atoms with Crippen molar-refractivity contribution in [2.45, 2.75) is 0 Å². The SMILES string of the molecule is C=C(c1ccc(C(=C)c2ccccc2-c2ccccc2)cc1)c1ccccc1-c1ccccc1. The Kier molecular flexibility index (Phi) is 6.05. The van der Waals surface area contributed by atoms with E-state index in [4.69, 9.17) is 0 Å². The van der Waals surface area contributed by atoms with Gasteiger partial charge in [-0.25, -0.2) is 0 Å². The second-order valence-corrected chi connectivity index (χ2v) is 8.36. The Bertz CT molecular complexity index is 1330. The van der Waals surface area contributed by atoms with Crippen molar-refractivity contribution in [2.75, 3.05) is 0 Å². The van der Waals surface area contributed by atoms with Gasteiger partial charge in [-0.2, -0.15) is 0 Å². The van der Waals surface area contributed by atoms with Crippen LogP contribution in [0.15, 0.2) is 147 Å². The van der Waals surface area contributed by atoms with Crippen LogP contribution in [0.4, 0.5) is 0 Å². The van der Waals surface area contributed by atoms with Crippen molar-refractivity contribution in [3.05, 3.63) is 169 Å². The molecule has 0 spiro atoms. The summed E-state index contributed by atoms with van der Waals surface area (Å²) in [7, 11) is 0. The minimum atomic E-state index is 1.02. The molecule has 0 N–H and O–H groups in total. The molecule has 0 aromatic heterocycles. The lowest BCUT2D eigenvalue weighted by atomic mass is 9.89. The normalized spacial score (nSPS) is 10.6. The van der Waals surface area contributed by atoms with Crippen LogP contribution in [0.5, 0.6) is 0 Å². The summed E-state index contributed by atoms with van der Waals surface area (Å²) in [6.45, 7) is 8.89. The van der Waals surface area contributed by atoms with Crippen molar-refractivity contribution in [3.8, 4) is 22.3 Å². The van der Waals surface area contributed by atoms with Crippen LogP contribution >= 0.6 is 0 Å². The lowest BCUT2D eigenvalue weighted by molar-refractivity contribution is 1.50.